The number of aryl methyl sites for hydroxylation is 2. The third kappa shape index (κ3) is 2.00. The van der Waals surface area contributed by atoms with E-state index in [1.807, 2.05) is 12.1 Å². The van der Waals surface area contributed by atoms with Gasteiger partial charge < -0.3 is 0 Å². The van der Waals surface area contributed by atoms with E-state index in [1.54, 1.807) is 0 Å². The fraction of sp³-hybridized carbons (Fsp3) is 0.300. The molecule has 0 atom stereocenters. The highest BCUT2D eigenvalue weighted by Crippen LogP contribution is 2.17. The molecule has 1 nitrogen and oxygen atoms in total. The van der Waals surface area contributed by atoms with Crippen LogP contribution in [0.3, 0.4) is 0 Å². The fourth-order valence-electron chi connectivity index (χ4n) is 1.20. The van der Waals surface area contributed by atoms with Crippen molar-refractivity contribution in [3.8, 4) is 0 Å². The highest BCUT2D eigenvalue weighted by Gasteiger charge is 1.95. The van der Waals surface area contributed by atoms with Gasteiger partial charge in [-0.05, 0) is 48.8 Å². The summed E-state index contributed by atoms with van der Waals surface area (Å²) in [5, 5.41) is 2.36. The first-order valence-electron chi connectivity index (χ1n) is 3.95. The quantitative estimate of drug-likeness (QED) is 0.499. The van der Waals surface area contributed by atoms with Crippen molar-refractivity contribution in [2.24, 2.45) is 4.99 Å². The van der Waals surface area contributed by atoms with Gasteiger partial charge in [-0.2, -0.15) is 4.99 Å². The summed E-state index contributed by atoms with van der Waals surface area (Å²) in [6, 6.07) is 6.07. The maximum Gasteiger partial charge on any atom is 0.0742 e. The number of rotatable bonds is 2. The Morgan fingerprint density at radius 2 is 2.25 bits per heavy atom. The normalized spacial score (nSPS) is 9.17. The number of hydrogen-bond acceptors (Lipinski definition) is 2. The van der Waals surface area contributed by atoms with E-state index in [1.165, 1.54) is 11.1 Å². The summed E-state index contributed by atoms with van der Waals surface area (Å²) >= 11 is 4.52. The molecule has 0 fully saturated rings. The van der Waals surface area contributed by atoms with Crippen molar-refractivity contribution in [1.29, 1.82) is 0 Å². The number of benzene rings is 1. The molecular formula is C10H11NS. The van der Waals surface area contributed by atoms with Crippen LogP contribution in [0.15, 0.2) is 23.2 Å². The van der Waals surface area contributed by atoms with Crippen molar-refractivity contribution in [3.05, 3.63) is 29.3 Å². The average Bonchev–Trinajstić information content (AvgIpc) is 2.05. The first-order valence-corrected chi connectivity index (χ1v) is 4.36. The van der Waals surface area contributed by atoms with E-state index in [2.05, 4.69) is 42.3 Å². The number of aliphatic imine (C=N–C) groups is 1. The molecule has 0 bridgehead atoms. The van der Waals surface area contributed by atoms with Crippen LogP contribution >= 0.6 is 12.2 Å². The Bertz CT molecular complexity index is 325. The standard InChI is InChI=1S/C10H11NS/c1-3-9-4-5-10(11-7-12)6-8(9)2/h4-6H,3H2,1-2H3. The number of nitrogens with zero attached hydrogens (tertiary/aromatic N) is 1. The topological polar surface area (TPSA) is 12.4 Å². The molecule has 0 amide bonds. The van der Waals surface area contributed by atoms with E-state index in [0.29, 0.717) is 0 Å². The van der Waals surface area contributed by atoms with Gasteiger partial charge in [0.1, 0.15) is 0 Å². The van der Waals surface area contributed by atoms with Gasteiger partial charge in [0, 0.05) is 0 Å². The van der Waals surface area contributed by atoms with Crippen LogP contribution in [0.25, 0.3) is 0 Å². The Kier molecular flexibility index (Phi) is 3.15. The van der Waals surface area contributed by atoms with Crippen LogP contribution in [0.2, 0.25) is 0 Å². The zero-order chi connectivity index (χ0) is 8.97. The second kappa shape index (κ2) is 4.15. The number of thiocarbonyl (C=S) groups is 1. The van der Waals surface area contributed by atoms with Crippen molar-refractivity contribution < 1.29 is 0 Å². The van der Waals surface area contributed by atoms with Crippen LogP contribution in [0.1, 0.15) is 18.1 Å². The predicted octanol–water partition coefficient (Wildman–Crippen LogP) is 3.29. The maximum atomic E-state index is 4.52. The molecule has 62 valence electrons. The minimum Gasteiger partial charge on any atom is -0.195 e. The fourth-order valence-corrected chi connectivity index (χ4v) is 1.30. The third-order valence-corrected chi connectivity index (χ3v) is 1.97. The Balaban J connectivity index is 3.09. The molecule has 2 heteroatoms. The molecule has 0 heterocycles. The minimum atomic E-state index is 0.889. The van der Waals surface area contributed by atoms with E-state index in [-0.39, 0.29) is 0 Å². The molecule has 0 unspecified atom stereocenters. The second-order valence-corrected chi connectivity index (χ2v) is 2.85. The van der Waals surface area contributed by atoms with Gasteiger partial charge in [-0.25, -0.2) is 0 Å². The molecule has 0 aliphatic carbocycles. The van der Waals surface area contributed by atoms with Crippen molar-refractivity contribution in [1.82, 2.24) is 0 Å². The predicted molar refractivity (Wildman–Crippen MR) is 55.2 cm³/mol. The van der Waals surface area contributed by atoms with Crippen molar-refractivity contribution >= 4 is 23.1 Å². The largest absolute Gasteiger partial charge is 0.195 e. The van der Waals surface area contributed by atoms with E-state index in [4.69, 9.17) is 0 Å². The van der Waals surface area contributed by atoms with Crippen LogP contribution in [0.5, 0.6) is 0 Å². The lowest BCUT2D eigenvalue weighted by Crippen LogP contribution is -1.84. The first-order chi connectivity index (χ1) is 5.77. The van der Waals surface area contributed by atoms with Gasteiger partial charge in [0.25, 0.3) is 0 Å². The van der Waals surface area contributed by atoms with Gasteiger partial charge in [-0.1, -0.05) is 13.0 Å². The van der Waals surface area contributed by atoms with Gasteiger partial charge in [0.2, 0.25) is 0 Å². The second-order valence-electron chi connectivity index (χ2n) is 2.67. The van der Waals surface area contributed by atoms with Crippen LogP contribution in [0.4, 0.5) is 5.69 Å². The molecule has 0 aliphatic rings. The highest BCUT2D eigenvalue weighted by atomic mass is 32.1. The van der Waals surface area contributed by atoms with E-state index >= 15 is 0 Å². The molecule has 1 aromatic rings. The first kappa shape index (κ1) is 9.11. The Morgan fingerprint density at radius 1 is 1.50 bits per heavy atom. The van der Waals surface area contributed by atoms with E-state index < -0.39 is 0 Å². The van der Waals surface area contributed by atoms with Crippen molar-refractivity contribution in [2.45, 2.75) is 20.3 Å². The van der Waals surface area contributed by atoms with Gasteiger partial charge >= 0.3 is 0 Å². The van der Waals surface area contributed by atoms with Crippen molar-refractivity contribution in [3.63, 3.8) is 0 Å². The van der Waals surface area contributed by atoms with Crippen LogP contribution in [0, 0.1) is 6.92 Å². The van der Waals surface area contributed by atoms with Gasteiger partial charge in [-0.15, -0.1) is 0 Å². The SMILES string of the molecule is CCc1ccc(N=C=S)cc1C. The molecule has 0 spiro atoms. The monoisotopic (exact) mass is 177 g/mol. The summed E-state index contributed by atoms with van der Waals surface area (Å²) in [4.78, 5) is 3.91. The van der Waals surface area contributed by atoms with E-state index in [9.17, 15) is 0 Å². The summed E-state index contributed by atoms with van der Waals surface area (Å²) in [7, 11) is 0. The molecule has 0 saturated carbocycles. The molecule has 1 rings (SSSR count). The minimum absolute atomic E-state index is 0.889. The highest BCUT2D eigenvalue weighted by molar-refractivity contribution is 7.78. The molecule has 0 saturated heterocycles. The summed E-state index contributed by atoms with van der Waals surface area (Å²) < 4.78 is 0. The van der Waals surface area contributed by atoms with Crippen LogP contribution in [-0.4, -0.2) is 5.16 Å². The summed E-state index contributed by atoms with van der Waals surface area (Å²) in [5.41, 5.74) is 3.52. The summed E-state index contributed by atoms with van der Waals surface area (Å²) in [6.45, 7) is 4.23. The molecule has 0 aliphatic heterocycles. The molecule has 1 aromatic carbocycles. The summed E-state index contributed by atoms with van der Waals surface area (Å²) in [5.74, 6) is 0. The van der Waals surface area contributed by atoms with Gasteiger partial charge in [-0.3, -0.25) is 0 Å². The smallest absolute Gasteiger partial charge is 0.0742 e. The zero-order valence-electron chi connectivity index (χ0n) is 7.29. The number of hydrogen-bond donors (Lipinski definition) is 0. The lowest BCUT2D eigenvalue weighted by molar-refractivity contribution is 1.11. The average molecular weight is 177 g/mol. The van der Waals surface area contributed by atoms with Gasteiger partial charge in [0.15, 0.2) is 0 Å². The molecular weight excluding hydrogens is 166 g/mol. The van der Waals surface area contributed by atoms with Crippen molar-refractivity contribution in [2.75, 3.05) is 0 Å². The Hall–Kier alpha value is -0.980. The number of isothiocyanates is 1. The van der Waals surface area contributed by atoms with Crippen LogP contribution < -0.4 is 0 Å². The van der Waals surface area contributed by atoms with E-state index in [0.717, 1.165) is 12.1 Å². The van der Waals surface area contributed by atoms with Crippen LogP contribution in [-0.2, 0) is 6.42 Å². The molecule has 0 radical (unpaired) electrons. The lowest BCUT2D eigenvalue weighted by Gasteiger charge is -2.01. The third-order valence-electron chi connectivity index (χ3n) is 1.88. The summed E-state index contributed by atoms with van der Waals surface area (Å²) in [6.07, 6.45) is 1.06. The molecule has 0 N–H and O–H groups in total. The Morgan fingerprint density at radius 3 is 2.75 bits per heavy atom. The maximum absolute atomic E-state index is 4.52. The van der Waals surface area contributed by atoms with Gasteiger partial charge in [0.05, 0.1) is 10.8 Å². The molecule has 12 heavy (non-hydrogen) atoms. The lowest BCUT2D eigenvalue weighted by atomic mass is 10.1. The molecule has 0 aromatic heterocycles. The zero-order valence-corrected chi connectivity index (χ0v) is 8.11. The Labute approximate surface area is 78.1 Å².